The lowest BCUT2D eigenvalue weighted by Crippen LogP contribution is -2.45. The molecule has 1 aromatic carbocycles. The molecular weight excluding hydrogens is 442 g/mol. The predicted molar refractivity (Wildman–Crippen MR) is 123 cm³/mol. The molecule has 0 bridgehead atoms. The highest BCUT2D eigenvalue weighted by molar-refractivity contribution is 5.95. The topological polar surface area (TPSA) is 143 Å². The number of carbonyl (C=O) groups excluding carboxylic acids is 2. The van der Waals surface area contributed by atoms with Crippen LogP contribution in [0.15, 0.2) is 59.1 Å². The van der Waals surface area contributed by atoms with Gasteiger partial charge in [0, 0.05) is 23.7 Å². The highest BCUT2D eigenvalue weighted by Crippen LogP contribution is 2.34. The summed E-state index contributed by atoms with van der Waals surface area (Å²) in [6, 6.07) is 7.45. The molecule has 2 heterocycles. The third kappa shape index (κ3) is 6.23. The zero-order valence-corrected chi connectivity index (χ0v) is 19.1. The number of urea groups is 1. The number of carbonyl (C=O) groups is 2. The Morgan fingerprint density at radius 1 is 1.32 bits per heavy atom. The predicted octanol–water partition coefficient (Wildman–Crippen LogP) is 1.60. The highest BCUT2D eigenvalue weighted by atomic mass is 16.5. The SMILES string of the molecule is CCOc1cc([C@H]2NC(=O)NC(C)=C2C(=O)OC)ccc1OC[C@@H](O)N/N=C\c1cccnc1. The maximum atomic E-state index is 12.3. The number of methoxy groups -OCH3 is 1. The Morgan fingerprint density at radius 3 is 2.85 bits per heavy atom. The number of allylic oxidation sites excluding steroid dienone is 1. The number of esters is 1. The van der Waals surface area contributed by atoms with Crippen LogP contribution in [-0.4, -0.2) is 54.9 Å². The normalized spacial score (nSPS) is 16.5. The van der Waals surface area contributed by atoms with Gasteiger partial charge in [0.15, 0.2) is 17.7 Å². The van der Waals surface area contributed by atoms with Gasteiger partial charge in [0.25, 0.3) is 0 Å². The molecule has 0 radical (unpaired) electrons. The first kappa shape index (κ1) is 24.5. The first-order chi connectivity index (χ1) is 16.4. The molecule has 0 unspecified atom stereocenters. The summed E-state index contributed by atoms with van der Waals surface area (Å²) < 4.78 is 16.3. The van der Waals surface area contributed by atoms with Crippen LogP contribution in [0.5, 0.6) is 11.5 Å². The monoisotopic (exact) mass is 469 g/mol. The molecule has 0 aliphatic carbocycles. The van der Waals surface area contributed by atoms with Gasteiger partial charge in [0.2, 0.25) is 0 Å². The first-order valence-electron chi connectivity index (χ1n) is 10.6. The van der Waals surface area contributed by atoms with Gasteiger partial charge in [-0.05, 0) is 37.6 Å². The number of nitrogens with one attached hydrogen (secondary N) is 3. The maximum absolute atomic E-state index is 12.3. The largest absolute Gasteiger partial charge is 0.490 e. The lowest BCUT2D eigenvalue weighted by Gasteiger charge is -2.28. The van der Waals surface area contributed by atoms with Crippen molar-refractivity contribution >= 4 is 18.2 Å². The second kappa shape index (κ2) is 11.7. The van der Waals surface area contributed by atoms with E-state index in [1.54, 1.807) is 43.6 Å². The summed E-state index contributed by atoms with van der Waals surface area (Å²) in [4.78, 5) is 28.3. The first-order valence-corrected chi connectivity index (χ1v) is 10.6. The smallest absolute Gasteiger partial charge is 0.337 e. The summed E-state index contributed by atoms with van der Waals surface area (Å²) in [7, 11) is 1.28. The molecule has 0 saturated heterocycles. The Balaban J connectivity index is 1.72. The fourth-order valence-electron chi connectivity index (χ4n) is 3.27. The van der Waals surface area contributed by atoms with Crippen molar-refractivity contribution in [2.45, 2.75) is 26.1 Å². The van der Waals surface area contributed by atoms with Gasteiger partial charge in [-0.2, -0.15) is 5.10 Å². The number of rotatable bonds is 10. The molecule has 0 spiro atoms. The molecule has 2 atom stereocenters. The Labute approximate surface area is 196 Å². The van der Waals surface area contributed by atoms with Crippen LogP contribution >= 0.6 is 0 Å². The number of hydrogen-bond donors (Lipinski definition) is 4. The lowest BCUT2D eigenvalue weighted by molar-refractivity contribution is -0.136. The second-order valence-corrected chi connectivity index (χ2v) is 7.20. The van der Waals surface area contributed by atoms with Crippen LogP contribution < -0.4 is 25.5 Å². The molecule has 11 heteroatoms. The molecule has 3 rings (SSSR count). The minimum Gasteiger partial charge on any atom is -0.490 e. The summed E-state index contributed by atoms with van der Waals surface area (Å²) in [6.45, 7) is 3.69. The van der Waals surface area contributed by atoms with Gasteiger partial charge in [0.05, 0.1) is 31.5 Å². The Bertz CT molecular complexity index is 1070. The van der Waals surface area contributed by atoms with Crippen LogP contribution in [0.25, 0.3) is 0 Å². The van der Waals surface area contributed by atoms with Crippen molar-refractivity contribution in [3.8, 4) is 11.5 Å². The summed E-state index contributed by atoms with van der Waals surface area (Å²) >= 11 is 0. The lowest BCUT2D eigenvalue weighted by atomic mass is 9.95. The number of ether oxygens (including phenoxy) is 3. The van der Waals surface area contributed by atoms with E-state index in [0.29, 0.717) is 29.4 Å². The van der Waals surface area contributed by atoms with E-state index in [1.165, 1.54) is 13.3 Å². The van der Waals surface area contributed by atoms with E-state index in [0.717, 1.165) is 5.56 Å². The van der Waals surface area contributed by atoms with Crippen LogP contribution in [0.3, 0.4) is 0 Å². The molecule has 0 fully saturated rings. The number of amides is 2. The van der Waals surface area contributed by atoms with Crippen LogP contribution in [0.2, 0.25) is 0 Å². The summed E-state index contributed by atoms with van der Waals surface area (Å²) in [6.07, 6.45) is 3.74. The Hall–Kier alpha value is -4.12. The molecule has 2 amide bonds. The van der Waals surface area contributed by atoms with Gasteiger partial charge in [-0.1, -0.05) is 12.1 Å². The quantitative estimate of drug-likeness (QED) is 0.178. The molecule has 11 nitrogen and oxygen atoms in total. The number of aliphatic hydroxyl groups is 1. The van der Waals surface area contributed by atoms with Gasteiger partial charge >= 0.3 is 12.0 Å². The molecule has 0 saturated carbocycles. The van der Waals surface area contributed by atoms with Crippen molar-refractivity contribution in [2.75, 3.05) is 20.3 Å². The number of nitrogens with zero attached hydrogens (tertiary/aromatic N) is 2. The third-order valence-electron chi connectivity index (χ3n) is 4.79. The highest BCUT2D eigenvalue weighted by Gasteiger charge is 2.32. The molecule has 34 heavy (non-hydrogen) atoms. The van der Waals surface area contributed by atoms with E-state index in [2.05, 4.69) is 26.1 Å². The van der Waals surface area contributed by atoms with Crippen molar-refractivity contribution in [1.29, 1.82) is 0 Å². The van der Waals surface area contributed by atoms with E-state index < -0.39 is 24.3 Å². The molecular formula is C23H27N5O6. The summed E-state index contributed by atoms with van der Waals surface area (Å²) in [5.41, 5.74) is 4.63. The maximum Gasteiger partial charge on any atom is 0.337 e. The van der Waals surface area contributed by atoms with E-state index in [-0.39, 0.29) is 12.2 Å². The van der Waals surface area contributed by atoms with Gasteiger partial charge in [-0.25, -0.2) is 9.59 Å². The van der Waals surface area contributed by atoms with E-state index >= 15 is 0 Å². The van der Waals surface area contributed by atoms with Crippen molar-refractivity contribution in [2.24, 2.45) is 5.10 Å². The zero-order valence-electron chi connectivity index (χ0n) is 19.1. The van der Waals surface area contributed by atoms with Gasteiger partial charge in [0.1, 0.15) is 6.61 Å². The number of aliphatic hydroxyl groups excluding tert-OH is 1. The zero-order chi connectivity index (χ0) is 24.5. The molecule has 1 aromatic heterocycles. The second-order valence-electron chi connectivity index (χ2n) is 7.20. The Kier molecular flexibility index (Phi) is 8.41. The van der Waals surface area contributed by atoms with Crippen LogP contribution in [0, 0.1) is 0 Å². The average Bonchev–Trinajstić information content (AvgIpc) is 2.83. The van der Waals surface area contributed by atoms with Crippen LogP contribution in [-0.2, 0) is 9.53 Å². The number of hydrazone groups is 1. The Morgan fingerprint density at radius 2 is 2.15 bits per heavy atom. The number of hydrogen-bond acceptors (Lipinski definition) is 9. The van der Waals surface area contributed by atoms with Crippen molar-refractivity contribution < 1.29 is 28.9 Å². The fourth-order valence-corrected chi connectivity index (χ4v) is 3.27. The van der Waals surface area contributed by atoms with Gasteiger partial charge in [-0.15, -0.1) is 0 Å². The third-order valence-corrected chi connectivity index (χ3v) is 4.79. The minimum absolute atomic E-state index is 0.111. The van der Waals surface area contributed by atoms with Crippen molar-refractivity contribution in [3.05, 3.63) is 65.1 Å². The van der Waals surface area contributed by atoms with Gasteiger partial charge < -0.3 is 30.0 Å². The molecule has 4 N–H and O–H groups in total. The van der Waals surface area contributed by atoms with Crippen LogP contribution in [0.4, 0.5) is 4.79 Å². The number of pyridine rings is 1. The minimum atomic E-state index is -1.08. The molecule has 1 aliphatic rings. The summed E-state index contributed by atoms with van der Waals surface area (Å²) in [5, 5.41) is 19.4. The number of aromatic nitrogens is 1. The van der Waals surface area contributed by atoms with E-state index in [9.17, 15) is 14.7 Å². The molecule has 2 aromatic rings. The number of benzene rings is 1. The van der Waals surface area contributed by atoms with Gasteiger partial charge in [-0.3, -0.25) is 10.4 Å². The van der Waals surface area contributed by atoms with Crippen LogP contribution in [0.1, 0.15) is 31.0 Å². The fraction of sp³-hybridized carbons (Fsp3) is 0.304. The summed E-state index contributed by atoms with van der Waals surface area (Å²) in [5.74, 6) is 0.207. The molecule has 1 aliphatic heterocycles. The van der Waals surface area contributed by atoms with E-state index in [4.69, 9.17) is 14.2 Å². The standard InChI is InChI=1S/C23H27N5O6/c1-4-33-18-10-16(21-20(22(30)32-3)14(2)26-23(31)27-21)7-8-17(18)34-13-19(29)28-25-12-15-6-5-9-24-11-15/h5-12,19,21,28-29H,4,13H2,1-3H3,(H2,26,27,31)/b25-12-/t19-,21-/m1/s1. The average molecular weight is 469 g/mol. The molecule has 180 valence electrons. The van der Waals surface area contributed by atoms with Crippen molar-refractivity contribution in [1.82, 2.24) is 21.0 Å². The van der Waals surface area contributed by atoms with E-state index in [1.807, 2.05) is 13.0 Å². The van der Waals surface area contributed by atoms with Crippen molar-refractivity contribution in [3.63, 3.8) is 0 Å².